The first-order valence-electron chi connectivity index (χ1n) is 4.04. The summed E-state index contributed by atoms with van der Waals surface area (Å²) >= 11 is 0. The molecule has 2 heterocycles. The molecule has 2 aromatic rings. The maximum absolute atomic E-state index is 9.74. The number of aryl methyl sites for hydroxylation is 1. The average Bonchev–Trinajstić information content (AvgIpc) is 2.72. The average molecular weight is 178 g/mol. The third-order valence-corrected chi connectivity index (χ3v) is 1.88. The summed E-state index contributed by atoms with van der Waals surface area (Å²) in [6, 6.07) is 5.26. The van der Waals surface area contributed by atoms with Crippen LogP contribution in [0, 0.1) is 6.92 Å². The molecule has 1 N–H and O–H groups in total. The Labute approximate surface area is 75.6 Å². The SMILES string of the molecule is Cc1cc(C(O)c2ccco2)co1. The van der Waals surface area contributed by atoms with Crippen LogP contribution in [0.1, 0.15) is 23.2 Å². The number of furan rings is 2. The first-order valence-corrected chi connectivity index (χ1v) is 4.04. The first-order chi connectivity index (χ1) is 6.27. The Morgan fingerprint density at radius 1 is 1.38 bits per heavy atom. The number of hydrogen-bond acceptors (Lipinski definition) is 3. The molecule has 0 radical (unpaired) electrons. The van der Waals surface area contributed by atoms with Gasteiger partial charge in [-0.15, -0.1) is 0 Å². The highest BCUT2D eigenvalue weighted by Gasteiger charge is 2.14. The molecular formula is C10H10O3. The van der Waals surface area contributed by atoms with E-state index in [1.165, 1.54) is 12.5 Å². The molecule has 68 valence electrons. The van der Waals surface area contributed by atoms with Gasteiger partial charge in [0.15, 0.2) is 0 Å². The number of hydrogen-bond donors (Lipinski definition) is 1. The van der Waals surface area contributed by atoms with E-state index in [1.54, 1.807) is 18.2 Å². The fourth-order valence-corrected chi connectivity index (χ4v) is 1.22. The first kappa shape index (κ1) is 8.13. The van der Waals surface area contributed by atoms with E-state index in [9.17, 15) is 5.11 Å². The Morgan fingerprint density at radius 2 is 2.23 bits per heavy atom. The fourth-order valence-electron chi connectivity index (χ4n) is 1.22. The third-order valence-electron chi connectivity index (χ3n) is 1.88. The molecule has 2 rings (SSSR count). The molecule has 1 atom stereocenters. The Morgan fingerprint density at radius 3 is 2.77 bits per heavy atom. The van der Waals surface area contributed by atoms with E-state index in [4.69, 9.17) is 8.83 Å². The van der Waals surface area contributed by atoms with Gasteiger partial charge in [-0.1, -0.05) is 0 Å². The highest BCUT2D eigenvalue weighted by Crippen LogP contribution is 2.23. The van der Waals surface area contributed by atoms with Gasteiger partial charge in [0.05, 0.1) is 12.5 Å². The lowest BCUT2D eigenvalue weighted by atomic mass is 10.1. The van der Waals surface area contributed by atoms with Gasteiger partial charge in [-0.2, -0.15) is 0 Å². The molecule has 0 aromatic carbocycles. The summed E-state index contributed by atoms with van der Waals surface area (Å²) in [6.45, 7) is 1.83. The van der Waals surface area contributed by atoms with Crippen LogP contribution >= 0.6 is 0 Å². The fraction of sp³-hybridized carbons (Fsp3) is 0.200. The lowest BCUT2D eigenvalue weighted by Gasteiger charge is -2.02. The zero-order chi connectivity index (χ0) is 9.26. The van der Waals surface area contributed by atoms with Gasteiger partial charge in [0.25, 0.3) is 0 Å². The van der Waals surface area contributed by atoms with E-state index >= 15 is 0 Å². The molecule has 3 heteroatoms. The normalized spacial score (nSPS) is 13.1. The van der Waals surface area contributed by atoms with Crippen LogP contribution in [0.25, 0.3) is 0 Å². The van der Waals surface area contributed by atoms with Gasteiger partial charge in [-0.25, -0.2) is 0 Å². The van der Waals surface area contributed by atoms with Gasteiger partial charge in [-0.05, 0) is 25.1 Å². The minimum Gasteiger partial charge on any atom is -0.469 e. The van der Waals surface area contributed by atoms with Crippen LogP contribution in [0.15, 0.2) is 39.6 Å². The Bertz CT molecular complexity index is 373. The molecule has 0 aliphatic rings. The highest BCUT2D eigenvalue weighted by molar-refractivity contribution is 5.22. The molecule has 0 amide bonds. The minimum atomic E-state index is -0.729. The van der Waals surface area contributed by atoms with Crippen molar-refractivity contribution in [2.45, 2.75) is 13.0 Å². The van der Waals surface area contributed by atoms with Crippen molar-refractivity contribution in [1.82, 2.24) is 0 Å². The van der Waals surface area contributed by atoms with Crippen molar-refractivity contribution in [3.05, 3.63) is 47.8 Å². The zero-order valence-corrected chi connectivity index (χ0v) is 7.23. The van der Waals surface area contributed by atoms with Crippen molar-refractivity contribution in [2.24, 2.45) is 0 Å². The summed E-state index contributed by atoms with van der Waals surface area (Å²) in [5, 5.41) is 9.74. The van der Waals surface area contributed by atoms with Crippen LogP contribution < -0.4 is 0 Å². The molecule has 0 fully saturated rings. The van der Waals surface area contributed by atoms with Gasteiger partial charge in [0.2, 0.25) is 0 Å². The number of aliphatic hydroxyl groups excluding tert-OH is 1. The molecule has 3 nitrogen and oxygen atoms in total. The summed E-state index contributed by atoms with van der Waals surface area (Å²) < 4.78 is 10.1. The molecule has 1 unspecified atom stereocenters. The molecule has 0 spiro atoms. The largest absolute Gasteiger partial charge is 0.469 e. The van der Waals surface area contributed by atoms with Gasteiger partial charge in [0, 0.05) is 5.56 Å². The van der Waals surface area contributed by atoms with Crippen LogP contribution in [-0.4, -0.2) is 5.11 Å². The summed E-state index contributed by atoms with van der Waals surface area (Å²) in [5.41, 5.74) is 0.715. The number of rotatable bonds is 2. The Hall–Kier alpha value is -1.48. The molecular weight excluding hydrogens is 168 g/mol. The second kappa shape index (κ2) is 3.11. The topological polar surface area (TPSA) is 46.5 Å². The lowest BCUT2D eigenvalue weighted by Crippen LogP contribution is -1.95. The standard InChI is InChI=1S/C10H10O3/c1-7-5-8(6-13-7)10(11)9-3-2-4-12-9/h2-6,10-11H,1H3. The number of aliphatic hydroxyl groups is 1. The van der Waals surface area contributed by atoms with Crippen molar-refractivity contribution in [2.75, 3.05) is 0 Å². The second-order valence-electron chi connectivity index (χ2n) is 2.91. The molecule has 2 aromatic heterocycles. The predicted octanol–water partition coefficient (Wildman–Crippen LogP) is 2.26. The monoisotopic (exact) mass is 178 g/mol. The van der Waals surface area contributed by atoms with E-state index in [1.807, 2.05) is 6.92 Å². The molecule has 0 aliphatic carbocycles. The third kappa shape index (κ3) is 1.51. The maximum Gasteiger partial charge on any atom is 0.140 e. The van der Waals surface area contributed by atoms with E-state index in [0.717, 1.165) is 5.76 Å². The van der Waals surface area contributed by atoms with Crippen LogP contribution in [0.4, 0.5) is 0 Å². The van der Waals surface area contributed by atoms with Gasteiger partial charge in [0.1, 0.15) is 17.6 Å². The predicted molar refractivity (Wildman–Crippen MR) is 46.2 cm³/mol. The quantitative estimate of drug-likeness (QED) is 0.767. The molecule has 0 bridgehead atoms. The highest BCUT2D eigenvalue weighted by atomic mass is 16.4. The van der Waals surface area contributed by atoms with Gasteiger partial charge >= 0.3 is 0 Å². The molecule has 0 saturated heterocycles. The Kier molecular flexibility index (Phi) is 1.94. The molecule has 0 saturated carbocycles. The smallest absolute Gasteiger partial charge is 0.140 e. The summed E-state index contributed by atoms with van der Waals surface area (Å²) in [4.78, 5) is 0. The van der Waals surface area contributed by atoms with Crippen LogP contribution in [0.3, 0.4) is 0 Å². The molecule has 0 aliphatic heterocycles. The van der Waals surface area contributed by atoms with E-state index in [0.29, 0.717) is 11.3 Å². The lowest BCUT2D eigenvalue weighted by molar-refractivity contribution is 0.188. The van der Waals surface area contributed by atoms with Crippen molar-refractivity contribution in [3.8, 4) is 0 Å². The van der Waals surface area contributed by atoms with E-state index in [-0.39, 0.29) is 0 Å². The van der Waals surface area contributed by atoms with Crippen LogP contribution in [0.5, 0.6) is 0 Å². The summed E-state index contributed by atoms with van der Waals surface area (Å²) in [6.07, 6.45) is 2.33. The minimum absolute atomic E-state index is 0.529. The van der Waals surface area contributed by atoms with Crippen LogP contribution in [0.2, 0.25) is 0 Å². The van der Waals surface area contributed by atoms with Crippen molar-refractivity contribution < 1.29 is 13.9 Å². The van der Waals surface area contributed by atoms with Crippen molar-refractivity contribution in [1.29, 1.82) is 0 Å². The maximum atomic E-state index is 9.74. The Balaban J connectivity index is 2.28. The van der Waals surface area contributed by atoms with Crippen LogP contribution in [-0.2, 0) is 0 Å². The van der Waals surface area contributed by atoms with Gasteiger partial charge < -0.3 is 13.9 Å². The zero-order valence-electron chi connectivity index (χ0n) is 7.23. The van der Waals surface area contributed by atoms with Crippen molar-refractivity contribution >= 4 is 0 Å². The van der Waals surface area contributed by atoms with Crippen molar-refractivity contribution in [3.63, 3.8) is 0 Å². The van der Waals surface area contributed by atoms with E-state index in [2.05, 4.69) is 0 Å². The van der Waals surface area contributed by atoms with E-state index < -0.39 is 6.10 Å². The molecule has 13 heavy (non-hydrogen) atoms. The second-order valence-corrected chi connectivity index (χ2v) is 2.91. The van der Waals surface area contributed by atoms with Gasteiger partial charge in [-0.3, -0.25) is 0 Å². The summed E-state index contributed by atoms with van der Waals surface area (Å²) in [7, 11) is 0. The summed E-state index contributed by atoms with van der Waals surface area (Å²) in [5.74, 6) is 1.31.